The van der Waals surface area contributed by atoms with E-state index in [1.54, 1.807) is 60.7 Å². The van der Waals surface area contributed by atoms with Crippen LogP contribution in [0, 0.1) is 3.57 Å². The molecule has 2 N–H and O–H groups in total. The van der Waals surface area contributed by atoms with Crippen LogP contribution >= 0.6 is 22.6 Å². The van der Waals surface area contributed by atoms with Gasteiger partial charge in [-0.25, -0.2) is 4.79 Å². The van der Waals surface area contributed by atoms with E-state index in [1.807, 2.05) is 12.1 Å². The number of nitrogens with one attached hydrogen (secondary N) is 2. The van der Waals surface area contributed by atoms with E-state index in [0.29, 0.717) is 22.7 Å². The fourth-order valence-electron chi connectivity index (χ4n) is 2.66. The van der Waals surface area contributed by atoms with Crippen LogP contribution in [-0.2, 0) is 9.53 Å². The number of carbonyl (C=O) groups is 3. The lowest BCUT2D eigenvalue weighted by Gasteiger charge is -2.10. The Morgan fingerprint density at radius 3 is 2.23 bits per heavy atom. The third-order valence-corrected chi connectivity index (χ3v) is 4.91. The molecule has 0 aliphatic heterocycles. The molecule has 3 aromatic carbocycles. The minimum Gasteiger partial charge on any atom is -0.484 e. The van der Waals surface area contributed by atoms with Crippen LogP contribution in [0.5, 0.6) is 5.75 Å². The van der Waals surface area contributed by atoms with Crippen molar-refractivity contribution in [1.82, 2.24) is 0 Å². The van der Waals surface area contributed by atoms with Crippen molar-refractivity contribution in [2.75, 3.05) is 24.4 Å². The number of para-hydroxylation sites is 1. The monoisotopic (exact) mass is 530 g/mol. The number of amides is 2. The first-order valence-electron chi connectivity index (χ1n) is 9.23. The number of halogens is 1. The predicted octanol–water partition coefficient (Wildman–Crippen LogP) is 4.35. The van der Waals surface area contributed by atoms with Gasteiger partial charge < -0.3 is 20.1 Å². The minimum atomic E-state index is -0.540. The number of ether oxygens (including phenoxy) is 2. The quantitative estimate of drug-likeness (QED) is 0.350. The van der Waals surface area contributed by atoms with Crippen LogP contribution in [0.2, 0.25) is 0 Å². The molecule has 0 heterocycles. The van der Waals surface area contributed by atoms with Crippen molar-refractivity contribution in [3.05, 3.63) is 87.5 Å². The number of carbonyl (C=O) groups excluding carboxylic acids is 3. The van der Waals surface area contributed by atoms with Crippen molar-refractivity contribution in [3.8, 4) is 5.75 Å². The van der Waals surface area contributed by atoms with Crippen LogP contribution < -0.4 is 15.4 Å². The second kappa shape index (κ2) is 10.6. The average Bonchev–Trinajstić information content (AvgIpc) is 2.79. The van der Waals surface area contributed by atoms with Crippen LogP contribution in [0.1, 0.15) is 20.7 Å². The van der Waals surface area contributed by atoms with E-state index in [4.69, 9.17) is 9.47 Å². The largest absolute Gasteiger partial charge is 0.484 e. The Bertz CT molecular complexity index is 1080. The number of benzene rings is 3. The predicted molar refractivity (Wildman–Crippen MR) is 125 cm³/mol. The summed E-state index contributed by atoms with van der Waals surface area (Å²) in [5, 5.41) is 5.41. The molecule has 2 amide bonds. The fourth-order valence-corrected chi connectivity index (χ4v) is 3.02. The summed E-state index contributed by atoms with van der Waals surface area (Å²) < 4.78 is 11.3. The molecule has 8 heteroatoms. The Kier molecular flexibility index (Phi) is 7.60. The van der Waals surface area contributed by atoms with E-state index in [9.17, 15) is 14.4 Å². The molecule has 3 aromatic rings. The summed E-state index contributed by atoms with van der Waals surface area (Å²) >= 11 is 2.19. The first-order chi connectivity index (χ1) is 15.0. The molecule has 0 saturated heterocycles. The normalized spacial score (nSPS) is 10.1. The summed E-state index contributed by atoms with van der Waals surface area (Å²) in [5.74, 6) is -0.643. The maximum Gasteiger partial charge on any atom is 0.339 e. The summed E-state index contributed by atoms with van der Waals surface area (Å²) in [6.07, 6.45) is 0. The lowest BCUT2D eigenvalue weighted by atomic mass is 10.1. The van der Waals surface area contributed by atoms with Crippen LogP contribution in [0.15, 0.2) is 72.8 Å². The molecule has 158 valence electrons. The lowest BCUT2D eigenvalue weighted by molar-refractivity contribution is -0.118. The molecule has 0 atom stereocenters. The van der Waals surface area contributed by atoms with Gasteiger partial charge in [0.2, 0.25) is 0 Å². The van der Waals surface area contributed by atoms with Crippen molar-refractivity contribution in [2.45, 2.75) is 0 Å². The second-order valence-electron chi connectivity index (χ2n) is 6.36. The second-order valence-corrected chi connectivity index (χ2v) is 7.61. The molecule has 0 radical (unpaired) electrons. The molecule has 31 heavy (non-hydrogen) atoms. The average molecular weight is 530 g/mol. The molecule has 0 bridgehead atoms. The molecule has 0 aliphatic carbocycles. The van der Waals surface area contributed by atoms with Gasteiger partial charge in [0.05, 0.1) is 18.4 Å². The fraction of sp³-hybridized carbons (Fsp3) is 0.0870. The van der Waals surface area contributed by atoms with Gasteiger partial charge in [-0.1, -0.05) is 12.1 Å². The third kappa shape index (κ3) is 6.29. The topological polar surface area (TPSA) is 93.7 Å². The lowest BCUT2D eigenvalue weighted by Crippen LogP contribution is -2.20. The molecule has 0 spiro atoms. The molecule has 3 rings (SSSR count). The van der Waals surface area contributed by atoms with Crippen molar-refractivity contribution in [3.63, 3.8) is 0 Å². The number of rotatable bonds is 7. The summed E-state index contributed by atoms with van der Waals surface area (Å²) in [4.78, 5) is 36.4. The highest BCUT2D eigenvalue weighted by atomic mass is 127. The highest BCUT2D eigenvalue weighted by Gasteiger charge is 2.14. The number of esters is 1. The SMILES string of the molecule is COC(=O)c1ccccc1NC(=O)c1ccc(NC(=O)COc2ccc(I)cc2)cc1. The molecule has 0 aromatic heterocycles. The Labute approximate surface area is 192 Å². The molecule has 0 fully saturated rings. The zero-order valence-corrected chi connectivity index (χ0v) is 18.7. The van der Waals surface area contributed by atoms with E-state index in [2.05, 4.69) is 33.2 Å². The molecular formula is C23H19IN2O5. The van der Waals surface area contributed by atoms with Crippen molar-refractivity contribution in [1.29, 1.82) is 0 Å². The van der Waals surface area contributed by atoms with Crippen molar-refractivity contribution in [2.24, 2.45) is 0 Å². The molecule has 7 nitrogen and oxygen atoms in total. The van der Waals surface area contributed by atoms with Gasteiger partial charge in [0, 0.05) is 14.8 Å². The highest BCUT2D eigenvalue weighted by molar-refractivity contribution is 14.1. The van der Waals surface area contributed by atoms with Gasteiger partial charge in [0.15, 0.2) is 6.61 Å². The van der Waals surface area contributed by atoms with Gasteiger partial charge in [-0.15, -0.1) is 0 Å². The zero-order chi connectivity index (χ0) is 22.2. The number of hydrogen-bond donors (Lipinski definition) is 2. The van der Waals surface area contributed by atoms with Gasteiger partial charge in [0.25, 0.3) is 11.8 Å². The van der Waals surface area contributed by atoms with E-state index in [-0.39, 0.29) is 18.1 Å². The summed E-state index contributed by atoms with van der Waals surface area (Å²) in [7, 11) is 1.28. The molecule has 0 aliphatic rings. The van der Waals surface area contributed by atoms with Crippen LogP contribution in [0.4, 0.5) is 11.4 Å². The maximum absolute atomic E-state index is 12.5. The Morgan fingerprint density at radius 2 is 1.55 bits per heavy atom. The molecule has 0 unspecified atom stereocenters. The Hall–Kier alpha value is -3.40. The van der Waals surface area contributed by atoms with Gasteiger partial charge >= 0.3 is 5.97 Å². The first kappa shape index (κ1) is 22.3. The van der Waals surface area contributed by atoms with Gasteiger partial charge in [-0.2, -0.15) is 0 Å². The van der Waals surface area contributed by atoms with Crippen LogP contribution in [-0.4, -0.2) is 31.5 Å². The van der Waals surface area contributed by atoms with E-state index < -0.39 is 11.9 Å². The highest BCUT2D eigenvalue weighted by Crippen LogP contribution is 2.18. The maximum atomic E-state index is 12.5. The standard InChI is InChI=1S/C23H19IN2O5/c1-30-23(29)19-4-2-3-5-20(19)26-22(28)15-6-10-17(11-7-15)25-21(27)14-31-18-12-8-16(24)9-13-18/h2-13H,14H2,1H3,(H,25,27)(H,26,28). The van der Waals surface area contributed by atoms with Crippen LogP contribution in [0.3, 0.4) is 0 Å². The van der Waals surface area contributed by atoms with Gasteiger partial charge in [0.1, 0.15) is 5.75 Å². The smallest absolute Gasteiger partial charge is 0.339 e. The van der Waals surface area contributed by atoms with Gasteiger partial charge in [-0.3, -0.25) is 9.59 Å². The summed E-state index contributed by atoms with van der Waals surface area (Å²) in [5.41, 5.74) is 1.51. The van der Waals surface area contributed by atoms with Crippen molar-refractivity contribution < 1.29 is 23.9 Å². The molecule has 0 saturated carbocycles. The Morgan fingerprint density at radius 1 is 0.871 bits per heavy atom. The molecular weight excluding hydrogens is 511 g/mol. The summed E-state index contributed by atoms with van der Waals surface area (Å²) in [6, 6.07) is 20.3. The summed E-state index contributed by atoms with van der Waals surface area (Å²) in [6.45, 7) is -0.132. The third-order valence-electron chi connectivity index (χ3n) is 4.19. The van der Waals surface area contributed by atoms with Crippen LogP contribution in [0.25, 0.3) is 0 Å². The minimum absolute atomic E-state index is 0.132. The van der Waals surface area contributed by atoms with E-state index >= 15 is 0 Å². The van der Waals surface area contributed by atoms with Gasteiger partial charge in [-0.05, 0) is 83.3 Å². The zero-order valence-electron chi connectivity index (χ0n) is 16.6. The van der Waals surface area contributed by atoms with E-state index in [0.717, 1.165) is 3.57 Å². The first-order valence-corrected chi connectivity index (χ1v) is 10.3. The van der Waals surface area contributed by atoms with Crippen molar-refractivity contribution >= 4 is 51.7 Å². The van der Waals surface area contributed by atoms with E-state index in [1.165, 1.54) is 7.11 Å². The Balaban J connectivity index is 1.57. The number of methoxy groups -OCH3 is 1. The number of anilines is 2. The number of hydrogen-bond acceptors (Lipinski definition) is 5.